The predicted molar refractivity (Wildman–Crippen MR) is 127 cm³/mol. The lowest BCUT2D eigenvalue weighted by Gasteiger charge is -2.31. The molecule has 1 aliphatic rings. The minimum atomic E-state index is -0.151. The molecule has 0 radical (unpaired) electrons. The van der Waals surface area contributed by atoms with Crippen LogP contribution in [0.5, 0.6) is 0 Å². The van der Waals surface area contributed by atoms with Crippen LogP contribution in [-0.2, 0) is 4.74 Å². The van der Waals surface area contributed by atoms with Crippen LogP contribution in [0.1, 0.15) is 37.2 Å². The summed E-state index contributed by atoms with van der Waals surface area (Å²) in [5.41, 5.74) is 3.47. The number of carbonyl (C=O) groups is 2. The second kappa shape index (κ2) is 10.5. The van der Waals surface area contributed by atoms with Gasteiger partial charge >= 0.3 is 0 Å². The fraction of sp³-hybridized carbons (Fsp3) is 0.280. The molecule has 1 atom stereocenters. The molecule has 0 aliphatic carbocycles. The van der Waals surface area contributed by atoms with Crippen molar-refractivity contribution in [3.8, 4) is 0 Å². The molecule has 2 N–H and O–H groups in total. The molecule has 32 heavy (non-hydrogen) atoms. The molecule has 2 heterocycles. The lowest BCUT2D eigenvalue weighted by molar-refractivity contribution is 0.0332. The molecule has 2 aromatic carbocycles. The molecule has 0 unspecified atom stereocenters. The first-order valence-electron chi connectivity index (χ1n) is 10.7. The summed E-state index contributed by atoms with van der Waals surface area (Å²) in [6.07, 6.45) is 0. The first-order valence-corrected chi connectivity index (χ1v) is 11.6. The fourth-order valence-electron chi connectivity index (χ4n) is 3.62. The summed E-state index contributed by atoms with van der Waals surface area (Å²) < 4.78 is 5.46. The van der Waals surface area contributed by atoms with Gasteiger partial charge in [0, 0.05) is 30.9 Å². The van der Waals surface area contributed by atoms with Crippen LogP contribution in [0, 0.1) is 6.92 Å². The van der Waals surface area contributed by atoms with E-state index >= 15 is 0 Å². The Balaban J connectivity index is 1.43. The minimum Gasteiger partial charge on any atom is -0.379 e. The Labute approximate surface area is 192 Å². The average molecular weight is 450 g/mol. The maximum Gasteiger partial charge on any atom is 0.265 e. The molecule has 1 aliphatic heterocycles. The van der Waals surface area contributed by atoms with Crippen molar-refractivity contribution in [3.05, 3.63) is 87.6 Å². The van der Waals surface area contributed by atoms with E-state index in [1.165, 1.54) is 16.9 Å². The van der Waals surface area contributed by atoms with E-state index < -0.39 is 0 Å². The molecule has 0 bridgehead atoms. The van der Waals surface area contributed by atoms with E-state index in [-0.39, 0.29) is 17.9 Å². The lowest BCUT2D eigenvalue weighted by Crippen LogP contribution is -2.43. The van der Waals surface area contributed by atoms with Gasteiger partial charge in [0.15, 0.2) is 0 Å². The van der Waals surface area contributed by atoms with Gasteiger partial charge in [-0.25, -0.2) is 0 Å². The van der Waals surface area contributed by atoms with E-state index in [4.69, 9.17) is 4.74 Å². The van der Waals surface area contributed by atoms with Crippen molar-refractivity contribution >= 4 is 28.8 Å². The highest BCUT2D eigenvalue weighted by Gasteiger charge is 2.21. The summed E-state index contributed by atoms with van der Waals surface area (Å²) in [5, 5.41) is 7.91. The normalized spacial score (nSPS) is 15.2. The van der Waals surface area contributed by atoms with Crippen LogP contribution in [0.25, 0.3) is 0 Å². The number of anilines is 1. The SMILES string of the molecule is Cc1ccc([C@@H](CN2CCOCC2)NC(=O)c2ccc(NC(=O)c3cccs3)cc2)cc1. The van der Waals surface area contributed by atoms with Crippen LogP contribution >= 0.6 is 11.3 Å². The van der Waals surface area contributed by atoms with Crippen LogP contribution < -0.4 is 10.6 Å². The molecular formula is C25H27N3O3S. The zero-order chi connectivity index (χ0) is 22.3. The van der Waals surface area contributed by atoms with E-state index in [1.807, 2.05) is 11.4 Å². The van der Waals surface area contributed by atoms with Gasteiger partial charge in [-0.2, -0.15) is 0 Å². The van der Waals surface area contributed by atoms with Gasteiger partial charge in [0.1, 0.15) is 0 Å². The van der Waals surface area contributed by atoms with E-state index in [0.717, 1.165) is 25.2 Å². The highest BCUT2D eigenvalue weighted by atomic mass is 32.1. The molecule has 0 spiro atoms. The number of rotatable bonds is 7. The molecule has 166 valence electrons. The Morgan fingerprint density at radius 3 is 2.38 bits per heavy atom. The maximum atomic E-state index is 13.0. The zero-order valence-corrected chi connectivity index (χ0v) is 18.9. The third-order valence-electron chi connectivity index (χ3n) is 5.48. The van der Waals surface area contributed by atoms with Crippen molar-refractivity contribution in [3.63, 3.8) is 0 Å². The predicted octanol–water partition coefficient (Wildman–Crippen LogP) is 4.11. The molecule has 2 amide bonds. The third kappa shape index (κ3) is 5.82. The Kier molecular flexibility index (Phi) is 7.32. The highest BCUT2D eigenvalue weighted by molar-refractivity contribution is 7.12. The van der Waals surface area contributed by atoms with E-state index in [0.29, 0.717) is 29.3 Å². The van der Waals surface area contributed by atoms with Crippen LogP contribution in [0.3, 0.4) is 0 Å². The summed E-state index contributed by atoms with van der Waals surface area (Å²) >= 11 is 1.39. The molecule has 1 saturated heterocycles. The summed E-state index contributed by atoms with van der Waals surface area (Å²) in [7, 11) is 0. The topological polar surface area (TPSA) is 70.7 Å². The van der Waals surface area contributed by atoms with Gasteiger partial charge in [0.05, 0.1) is 24.1 Å². The summed E-state index contributed by atoms with van der Waals surface area (Å²) in [6.45, 7) is 5.93. The monoisotopic (exact) mass is 449 g/mol. The number of hydrogen-bond donors (Lipinski definition) is 2. The number of nitrogens with zero attached hydrogens (tertiary/aromatic N) is 1. The van der Waals surface area contributed by atoms with Crippen molar-refractivity contribution in [1.29, 1.82) is 0 Å². The van der Waals surface area contributed by atoms with Crippen LogP contribution in [0.4, 0.5) is 5.69 Å². The number of ether oxygens (including phenoxy) is 1. The second-order valence-electron chi connectivity index (χ2n) is 7.86. The molecule has 1 aromatic heterocycles. The number of hydrogen-bond acceptors (Lipinski definition) is 5. The van der Waals surface area contributed by atoms with E-state index in [2.05, 4.69) is 46.7 Å². The smallest absolute Gasteiger partial charge is 0.265 e. The van der Waals surface area contributed by atoms with Gasteiger partial charge in [-0.15, -0.1) is 11.3 Å². The maximum absolute atomic E-state index is 13.0. The minimum absolute atomic E-state index is 0.126. The van der Waals surface area contributed by atoms with Crippen LogP contribution in [0.2, 0.25) is 0 Å². The Bertz CT molecular complexity index is 1030. The van der Waals surface area contributed by atoms with Gasteiger partial charge in [-0.05, 0) is 48.2 Å². The van der Waals surface area contributed by atoms with Crippen molar-refractivity contribution in [2.45, 2.75) is 13.0 Å². The number of carbonyl (C=O) groups excluding carboxylic acids is 2. The Morgan fingerprint density at radius 1 is 1.00 bits per heavy atom. The summed E-state index contributed by atoms with van der Waals surface area (Å²) in [4.78, 5) is 28.2. The van der Waals surface area contributed by atoms with Crippen molar-refractivity contribution in [2.75, 3.05) is 38.2 Å². The average Bonchev–Trinajstić information content (AvgIpc) is 3.36. The standard InChI is InChI=1S/C25H27N3O3S/c1-18-4-6-19(7-5-18)22(17-28-12-14-31-15-13-28)27-24(29)20-8-10-21(11-9-20)26-25(30)23-3-2-16-32-23/h2-11,16,22H,12-15,17H2,1H3,(H,26,30)(H,27,29)/t22-/m1/s1. The van der Waals surface area contributed by atoms with Crippen molar-refractivity contribution in [2.24, 2.45) is 0 Å². The third-order valence-corrected chi connectivity index (χ3v) is 6.35. The summed E-state index contributed by atoms with van der Waals surface area (Å²) in [6, 6.07) is 18.8. The lowest BCUT2D eigenvalue weighted by atomic mass is 10.0. The van der Waals surface area contributed by atoms with E-state index in [9.17, 15) is 9.59 Å². The van der Waals surface area contributed by atoms with Crippen LogP contribution in [0.15, 0.2) is 66.0 Å². The number of morpholine rings is 1. The number of aryl methyl sites for hydroxylation is 1. The largest absolute Gasteiger partial charge is 0.379 e. The van der Waals surface area contributed by atoms with Gasteiger partial charge in [-0.3, -0.25) is 14.5 Å². The first-order chi connectivity index (χ1) is 15.6. The fourth-order valence-corrected chi connectivity index (χ4v) is 4.24. The molecule has 3 aromatic rings. The number of nitrogens with one attached hydrogen (secondary N) is 2. The van der Waals surface area contributed by atoms with Crippen molar-refractivity contribution in [1.82, 2.24) is 10.2 Å². The zero-order valence-electron chi connectivity index (χ0n) is 18.0. The Morgan fingerprint density at radius 2 is 1.72 bits per heavy atom. The molecule has 6 nitrogen and oxygen atoms in total. The molecule has 4 rings (SSSR count). The molecular weight excluding hydrogens is 422 g/mol. The first kappa shape index (κ1) is 22.2. The quantitative estimate of drug-likeness (QED) is 0.570. The van der Waals surface area contributed by atoms with Gasteiger partial charge in [0.25, 0.3) is 11.8 Å². The number of amides is 2. The van der Waals surface area contributed by atoms with Crippen molar-refractivity contribution < 1.29 is 14.3 Å². The highest BCUT2D eigenvalue weighted by Crippen LogP contribution is 2.19. The van der Waals surface area contributed by atoms with Gasteiger partial charge < -0.3 is 15.4 Å². The van der Waals surface area contributed by atoms with Gasteiger partial charge in [0.2, 0.25) is 0 Å². The summed E-state index contributed by atoms with van der Waals surface area (Å²) in [5.74, 6) is -0.290. The van der Waals surface area contributed by atoms with E-state index in [1.54, 1.807) is 30.3 Å². The number of thiophene rings is 1. The van der Waals surface area contributed by atoms with Gasteiger partial charge in [-0.1, -0.05) is 35.9 Å². The van der Waals surface area contributed by atoms with Crippen LogP contribution in [-0.4, -0.2) is 49.6 Å². The molecule has 1 fully saturated rings. The molecule has 7 heteroatoms. The number of benzene rings is 2. The second-order valence-corrected chi connectivity index (χ2v) is 8.81. The molecule has 0 saturated carbocycles. The Hall–Kier alpha value is -3.00.